The molecule has 0 saturated carbocycles. The third kappa shape index (κ3) is 8.70. The monoisotopic (exact) mass is 870 g/mol. The van der Waals surface area contributed by atoms with Crippen LogP contribution in [0, 0.1) is 0 Å². The Morgan fingerprint density at radius 3 is 1.13 bits per heavy atom. The molecule has 0 aliphatic rings. The summed E-state index contributed by atoms with van der Waals surface area (Å²) in [6.45, 7) is 4.27. The molecule has 0 bridgehead atoms. The number of benzene rings is 6. The molecule has 9 heteroatoms. The lowest BCUT2D eigenvalue weighted by Gasteiger charge is -2.25. The van der Waals surface area contributed by atoms with E-state index in [4.69, 9.17) is 9.05 Å². The normalized spacial score (nSPS) is 11.4. The molecule has 0 atom stereocenters. The summed E-state index contributed by atoms with van der Waals surface area (Å²) in [4.78, 5) is 10.9. The average Bonchev–Trinajstić information content (AvgIpc) is 4.10. The van der Waals surface area contributed by atoms with Crippen molar-refractivity contribution in [2.45, 2.75) is 13.8 Å². The number of hydrogen-bond acceptors (Lipinski definition) is 8. The molecule has 61 heavy (non-hydrogen) atoms. The maximum atomic E-state index is 14.5. The molecule has 302 valence electrons. The van der Waals surface area contributed by atoms with Crippen LogP contribution in [0.25, 0.3) is 40.4 Å². The second-order valence-corrected chi connectivity index (χ2v) is 19.3. The van der Waals surface area contributed by atoms with Gasteiger partial charge in [0.2, 0.25) is 0 Å². The van der Waals surface area contributed by atoms with E-state index in [1.807, 2.05) is 44.2 Å². The van der Waals surface area contributed by atoms with Gasteiger partial charge in [0.05, 0.1) is 23.4 Å². The zero-order valence-corrected chi connectivity index (χ0v) is 37.1. The highest BCUT2D eigenvalue weighted by Gasteiger charge is 2.33. The highest BCUT2D eigenvalue weighted by Crippen LogP contribution is 2.54. The first-order valence-electron chi connectivity index (χ1n) is 20.3. The van der Waals surface area contributed by atoms with Gasteiger partial charge in [-0.25, -0.2) is 0 Å². The molecule has 9 rings (SSSR count). The molecule has 0 amide bonds. The van der Waals surface area contributed by atoms with Crippen LogP contribution in [0.15, 0.2) is 200 Å². The maximum absolute atomic E-state index is 14.5. The molecule has 5 nitrogen and oxygen atoms in total. The van der Waals surface area contributed by atoms with Crippen molar-refractivity contribution in [3.05, 3.63) is 200 Å². The second kappa shape index (κ2) is 18.4. The van der Waals surface area contributed by atoms with E-state index in [2.05, 4.69) is 180 Å². The van der Waals surface area contributed by atoms with Crippen LogP contribution in [0.2, 0.25) is 0 Å². The number of hydrogen-bond donors (Lipinski definition) is 0. The Kier molecular flexibility index (Phi) is 12.3. The Hall–Kier alpha value is -5.83. The van der Waals surface area contributed by atoms with Gasteiger partial charge in [-0.2, -0.15) is 0 Å². The standard InChI is InChI=1S/C52H43N2O3PS3/c1-3-56-58(55,57-4-2)46-37-51(49-35-33-47(59-49)38-25-29-44(30-26-38)53(40-17-9-5-10-18-40)41-19-11-6-12-20-41)61-52(46)50-36-34-48(60-50)39-27-31-45(32-28-39)54(42-21-13-7-14-22-42)43-23-15-8-16-24-43/h5-37H,3-4H2,1-2H3. The predicted molar refractivity (Wildman–Crippen MR) is 262 cm³/mol. The van der Waals surface area contributed by atoms with Crippen LogP contribution in [0.4, 0.5) is 34.1 Å². The Labute approximate surface area is 369 Å². The quantitative estimate of drug-likeness (QED) is 0.0960. The Morgan fingerprint density at radius 1 is 0.393 bits per heavy atom. The Bertz CT molecular complexity index is 2770. The fourth-order valence-corrected chi connectivity index (χ4v) is 13.0. The zero-order chi connectivity index (χ0) is 41.6. The number of thiophene rings is 3. The van der Waals surface area contributed by atoms with Crippen molar-refractivity contribution in [3.63, 3.8) is 0 Å². The number of anilines is 6. The van der Waals surface area contributed by atoms with Crippen molar-refractivity contribution < 1.29 is 13.6 Å². The molecular formula is C52H43N2O3PS3. The minimum absolute atomic E-state index is 0.276. The van der Waals surface area contributed by atoms with E-state index < -0.39 is 7.60 Å². The number of nitrogens with zero attached hydrogens (tertiary/aromatic N) is 2. The summed E-state index contributed by atoms with van der Waals surface area (Å²) in [7, 11) is -3.62. The molecule has 9 aromatic rings. The van der Waals surface area contributed by atoms with Crippen molar-refractivity contribution in [3.8, 4) is 40.4 Å². The number of rotatable bonds is 15. The first-order chi connectivity index (χ1) is 30.0. The molecule has 0 fully saturated rings. The molecule has 3 heterocycles. The zero-order valence-electron chi connectivity index (χ0n) is 33.8. The van der Waals surface area contributed by atoms with Crippen LogP contribution in [-0.4, -0.2) is 13.2 Å². The van der Waals surface area contributed by atoms with Gasteiger partial charge in [0.15, 0.2) is 0 Å². The van der Waals surface area contributed by atoms with Gasteiger partial charge >= 0.3 is 7.60 Å². The van der Waals surface area contributed by atoms with Crippen LogP contribution in [0.1, 0.15) is 13.8 Å². The fourth-order valence-electron chi connectivity index (χ4n) is 7.39. The highest BCUT2D eigenvalue weighted by molar-refractivity contribution is 7.63. The molecule has 0 saturated heterocycles. The van der Waals surface area contributed by atoms with Crippen LogP contribution < -0.4 is 15.1 Å². The average molecular weight is 871 g/mol. The molecule has 0 N–H and O–H groups in total. The van der Waals surface area contributed by atoms with Crippen LogP contribution in [0.3, 0.4) is 0 Å². The van der Waals surface area contributed by atoms with Gasteiger partial charge in [0, 0.05) is 58.5 Å². The summed E-state index contributed by atoms with van der Waals surface area (Å²) in [5, 5.41) is 0.613. The largest absolute Gasteiger partial charge is 0.362 e. The smallest absolute Gasteiger partial charge is 0.311 e. The molecular weight excluding hydrogens is 828 g/mol. The SMILES string of the molecule is CCOP(=O)(OCC)c1cc(-c2ccc(-c3ccc(N(c4ccccc4)c4ccccc4)cc3)s2)sc1-c1ccc(-c2ccc(N(c3ccccc3)c3ccccc3)cc2)s1. The molecule has 0 aliphatic carbocycles. The summed E-state index contributed by atoms with van der Waals surface area (Å²) >= 11 is 5.06. The van der Waals surface area contributed by atoms with Crippen LogP contribution in [-0.2, 0) is 13.6 Å². The summed E-state index contributed by atoms with van der Waals surface area (Å²) in [6.07, 6.45) is 0. The second-order valence-electron chi connectivity index (χ2n) is 14.1. The van der Waals surface area contributed by atoms with Crippen molar-refractivity contribution in [1.29, 1.82) is 0 Å². The topological polar surface area (TPSA) is 42.0 Å². The van der Waals surface area contributed by atoms with Crippen molar-refractivity contribution in [1.82, 2.24) is 0 Å². The lowest BCUT2D eigenvalue weighted by molar-refractivity contribution is 0.230. The fraction of sp³-hybridized carbons (Fsp3) is 0.0769. The summed E-state index contributed by atoms with van der Waals surface area (Å²) < 4.78 is 26.5. The van der Waals surface area contributed by atoms with E-state index in [0.29, 0.717) is 5.30 Å². The van der Waals surface area contributed by atoms with Gasteiger partial charge in [0.25, 0.3) is 0 Å². The third-order valence-corrected chi connectivity index (χ3v) is 16.2. The van der Waals surface area contributed by atoms with E-state index >= 15 is 0 Å². The van der Waals surface area contributed by atoms with E-state index in [1.165, 1.54) is 0 Å². The van der Waals surface area contributed by atoms with Gasteiger partial charge in [-0.05, 0) is 128 Å². The van der Waals surface area contributed by atoms with Crippen molar-refractivity contribution >= 4 is 81.0 Å². The minimum Gasteiger partial charge on any atom is -0.311 e. The Morgan fingerprint density at radius 2 is 0.738 bits per heavy atom. The molecule has 6 aromatic carbocycles. The summed E-state index contributed by atoms with van der Waals surface area (Å²) in [6, 6.07) is 69.8. The molecule has 0 spiro atoms. The molecule has 3 aromatic heterocycles. The highest BCUT2D eigenvalue weighted by atomic mass is 32.1. The first kappa shape index (κ1) is 40.6. The van der Waals surface area contributed by atoms with Gasteiger partial charge in [-0.1, -0.05) is 97.1 Å². The molecule has 0 radical (unpaired) electrons. The van der Waals surface area contributed by atoms with Gasteiger partial charge in [-0.3, -0.25) is 4.57 Å². The van der Waals surface area contributed by atoms with Gasteiger partial charge in [-0.15, -0.1) is 34.0 Å². The lowest BCUT2D eigenvalue weighted by Crippen LogP contribution is -2.10. The molecule has 0 aliphatic heterocycles. The van der Waals surface area contributed by atoms with Gasteiger partial charge < -0.3 is 18.8 Å². The van der Waals surface area contributed by atoms with E-state index in [1.54, 1.807) is 34.0 Å². The van der Waals surface area contributed by atoms with Crippen molar-refractivity contribution in [2.75, 3.05) is 23.0 Å². The van der Waals surface area contributed by atoms with E-state index in [0.717, 1.165) is 74.5 Å². The third-order valence-electron chi connectivity index (χ3n) is 10.2. The first-order valence-corrected chi connectivity index (χ1v) is 24.3. The summed E-state index contributed by atoms with van der Waals surface area (Å²) in [5.74, 6) is 0. The minimum atomic E-state index is -3.62. The Balaban J connectivity index is 1.02. The van der Waals surface area contributed by atoms with Crippen LogP contribution in [0.5, 0.6) is 0 Å². The predicted octanol–water partition coefficient (Wildman–Crippen LogP) is 16.4. The molecule has 0 unspecified atom stereocenters. The number of para-hydroxylation sites is 4. The van der Waals surface area contributed by atoms with E-state index in [-0.39, 0.29) is 13.2 Å². The van der Waals surface area contributed by atoms with Crippen LogP contribution >= 0.6 is 41.6 Å². The van der Waals surface area contributed by atoms with Gasteiger partial charge in [0.1, 0.15) is 0 Å². The van der Waals surface area contributed by atoms with E-state index in [9.17, 15) is 4.57 Å². The lowest BCUT2D eigenvalue weighted by atomic mass is 10.1. The van der Waals surface area contributed by atoms with Crippen molar-refractivity contribution in [2.24, 2.45) is 0 Å². The maximum Gasteiger partial charge on any atom is 0.362 e. The summed E-state index contributed by atoms with van der Waals surface area (Å²) in [5.41, 5.74) is 8.80.